The number of amides is 2. The largest absolute Gasteiger partial charge is 0.379 e. The normalized spacial score (nSPS) is 13.2. The van der Waals surface area contributed by atoms with Crippen molar-refractivity contribution in [3.8, 4) is 0 Å². The van der Waals surface area contributed by atoms with Crippen molar-refractivity contribution in [2.45, 2.75) is 25.7 Å². The first kappa shape index (κ1) is 37.8. The highest BCUT2D eigenvalue weighted by atomic mass is 35.5. The maximum atomic E-state index is 11.4. The van der Waals surface area contributed by atoms with Crippen LogP contribution in [0.15, 0.2) is 12.2 Å². The Labute approximate surface area is 249 Å². The molecule has 0 aromatic rings. The second-order valence-corrected chi connectivity index (χ2v) is 9.15. The van der Waals surface area contributed by atoms with E-state index in [2.05, 4.69) is 0 Å². The number of carbonyl (C=O) groups excluding carboxylic acids is 2. The Bertz CT molecular complexity index is 624. The SMILES string of the molecule is O=C1C=CC(=O)N1CCOCCOCCOCCOCCOCCOCCOCCOCCOCCCCCCCl. The summed E-state index contributed by atoms with van der Waals surface area (Å²) in [5, 5.41) is 0. The number of rotatable bonds is 33. The molecule has 1 aliphatic heterocycles. The molecule has 1 rings (SSSR count). The topological polar surface area (TPSA) is 120 Å². The number of alkyl halides is 1. The molecule has 13 heteroatoms. The number of hydrogen-bond donors (Lipinski definition) is 0. The molecule has 0 saturated carbocycles. The summed E-state index contributed by atoms with van der Waals surface area (Å²) in [4.78, 5) is 23.9. The second-order valence-electron chi connectivity index (χ2n) is 8.78. The average Bonchev–Trinajstić information content (AvgIpc) is 3.30. The molecule has 0 fully saturated rings. The van der Waals surface area contributed by atoms with Gasteiger partial charge in [-0.25, -0.2) is 0 Å². The molecule has 0 aromatic carbocycles. The van der Waals surface area contributed by atoms with Crippen LogP contribution in [0.3, 0.4) is 0 Å². The third-order valence-electron chi connectivity index (χ3n) is 5.51. The van der Waals surface area contributed by atoms with Crippen LogP contribution in [0.4, 0.5) is 0 Å². The zero-order chi connectivity index (χ0) is 29.5. The molecule has 0 spiro atoms. The maximum Gasteiger partial charge on any atom is 0.253 e. The van der Waals surface area contributed by atoms with E-state index in [0.29, 0.717) is 106 Å². The van der Waals surface area contributed by atoms with E-state index in [9.17, 15) is 9.59 Å². The summed E-state index contributed by atoms with van der Waals surface area (Å²) in [7, 11) is 0. The first-order valence-corrected chi connectivity index (χ1v) is 15.1. The fourth-order valence-electron chi connectivity index (χ4n) is 3.32. The standard InChI is InChI=1S/C28H50ClNO11/c29-7-3-1-2-4-9-33-11-13-35-15-17-37-19-21-39-23-25-41-26-24-40-22-20-38-18-16-36-14-12-34-10-8-30-27(31)5-6-28(30)32/h5-6H,1-4,7-26H2. The first-order valence-electron chi connectivity index (χ1n) is 14.5. The minimum absolute atomic E-state index is 0.244. The van der Waals surface area contributed by atoms with Crippen LogP contribution in [0, 0.1) is 0 Å². The molecule has 1 heterocycles. The summed E-state index contributed by atoms with van der Waals surface area (Å²) in [5.74, 6) is 0.132. The minimum atomic E-state index is -0.303. The van der Waals surface area contributed by atoms with Gasteiger partial charge in [-0.05, 0) is 12.8 Å². The zero-order valence-corrected chi connectivity index (χ0v) is 25.2. The smallest absolute Gasteiger partial charge is 0.253 e. The third kappa shape index (κ3) is 25.1. The molecule has 0 radical (unpaired) electrons. The molecule has 0 aliphatic carbocycles. The monoisotopic (exact) mass is 611 g/mol. The lowest BCUT2D eigenvalue weighted by atomic mass is 10.2. The number of nitrogens with zero attached hydrogens (tertiary/aromatic N) is 1. The summed E-state index contributed by atoms with van der Waals surface area (Å²) in [6.45, 7) is 9.28. The molecule has 0 atom stereocenters. The van der Waals surface area contributed by atoms with Gasteiger partial charge < -0.3 is 42.6 Å². The second kappa shape index (κ2) is 30.3. The van der Waals surface area contributed by atoms with Crippen molar-refractivity contribution in [2.24, 2.45) is 0 Å². The molecule has 0 aromatic heterocycles. The van der Waals surface area contributed by atoms with E-state index in [0.717, 1.165) is 36.6 Å². The van der Waals surface area contributed by atoms with E-state index in [1.165, 1.54) is 18.6 Å². The lowest BCUT2D eigenvalue weighted by Crippen LogP contribution is -2.33. The minimum Gasteiger partial charge on any atom is -0.379 e. The van der Waals surface area contributed by atoms with Gasteiger partial charge in [0.1, 0.15) is 0 Å². The molecule has 240 valence electrons. The molecule has 2 amide bonds. The number of imide groups is 1. The molecule has 1 aliphatic rings. The van der Waals surface area contributed by atoms with Crippen molar-refractivity contribution in [1.29, 1.82) is 0 Å². The number of unbranched alkanes of at least 4 members (excludes halogenated alkanes) is 3. The van der Waals surface area contributed by atoms with Crippen LogP contribution >= 0.6 is 11.6 Å². The van der Waals surface area contributed by atoms with Gasteiger partial charge in [0, 0.05) is 24.6 Å². The number of carbonyl (C=O) groups is 2. The first-order chi connectivity index (χ1) is 20.3. The fourth-order valence-corrected chi connectivity index (χ4v) is 3.51. The van der Waals surface area contributed by atoms with Gasteiger partial charge in [-0.1, -0.05) is 12.8 Å². The number of ether oxygens (including phenoxy) is 9. The quantitative estimate of drug-likeness (QED) is 0.0614. The van der Waals surface area contributed by atoms with Crippen molar-refractivity contribution < 1.29 is 52.2 Å². The summed E-state index contributed by atoms with van der Waals surface area (Å²) < 4.78 is 49.0. The highest BCUT2D eigenvalue weighted by Crippen LogP contribution is 2.02. The Morgan fingerprint density at radius 1 is 0.415 bits per heavy atom. The van der Waals surface area contributed by atoms with Crippen LogP contribution in [0.5, 0.6) is 0 Å². The van der Waals surface area contributed by atoms with Crippen LogP contribution in [-0.4, -0.2) is 148 Å². The van der Waals surface area contributed by atoms with Gasteiger partial charge in [0.05, 0.1) is 119 Å². The van der Waals surface area contributed by atoms with Crippen LogP contribution in [0.2, 0.25) is 0 Å². The summed E-state index contributed by atoms with van der Waals surface area (Å²) >= 11 is 5.64. The Morgan fingerprint density at radius 2 is 0.707 bits per heavy atom. The van der Waals surface area contributed by atoms with Crippen molar-refractivity contribution in [3.05, 3.63) is 12.2 Å². The molecule has 12 nitrogen and oxygen atoms in total. The van der Waals surface area contributed by atoms with E-state index in [1.54, 1.807) is 0 Å². The van der Waals surface area contributed by atoms with Crippen molar-refractivity contribution in [3.63, 3.8) is 0 Å². The summed E-state index contributed by atoms with van der Waals surface area (Å²) in [5.41, 5.74) is 0. The molecule has 0 unspecified atom stereocenters. The third-order valence-corrected chi connectivity index (χ3v) is 5.78. The Balaban J connectivity index is 1.63. The predicted molar refractivity (Wildman–Crippen MR) is 152 cm³/mol. The molecule has 41 heavy (non-hydrogen) atoms. The zero-order valence-electron chi connectivity index (χ0n) is 24.4. The average molecular weight is 612 g/mol. The van der Waals surface area contributed by atoms with Gasteiger partial charge in [-0.2, -0.15) is 0 Å². The van der Waals surface area contributed by atoms with Gasteiger partial charge in [0.25, 0.3) is 11.8 Å². The van der Waals surface area contributed by atoms with Crippen LogP contribution < -0.4 is 0 Å². The lowest BCUT2D eigenvalue weighted by molar-refractivity contribution is -0.137. The Hall–Kier alpha value is -1.19. The van der Waals surface area contributed by atoms with Gasteiger partial charge in [-0.15, -0.1) is 11.6 Å². The molecule has 0 N–H and O–H groups in total. The van der Waals surface area contributed by atoms with Crippen molar-refractivity contribution in [2.75, 3.05) is 131 Å². The van der Waals surface area contributed by atoms with Crippen LogP contribution in [-0.2, 0) is 52.2 Å². The summed E-state index contributed by atoms with van der Waals surface area (Å²) in [6, 6.07) is 0. The lowest BCUT2D eigenvalue weighted by Gasteiger charge is -2.13. The van der Waals surface area contributed by atoms with Gasteiger partial charge in [0.15, 0.2) is 0 Å². The van der Waals surface area contributed by atoms with E-state index in [1.807, 2.05) is 0 Å². The molecule has 0 bridgehead atoms. The van der Waals surface area contributed by atoms with E-state index in [4.69, 9.17) is 54.2 Å². The van der Waals surface area contributed by atoms with Crippen molar-refractivity contribution >= 4 is 23.4 Å². The van der Waals surface area contributed by atoms with Gasteiger partial charge in [-0.3, -0.25) is 14.5 Å². The van der Waals surface area contributed by atoms with E-state index < -0.39 is 0 Å². The fraction of sp³-hybridized carbons (Fsp3) is 0.857. The molecular weight excluding hydrogens is 562 g/mol. The Kier molecular flexibility index (Phi) is 27.9. The van der Waals surface area contributed by atoms with Crippen molar-refractivity contribution in [1.82, 2.24) is 4.90 Å². The van der Waals surface area contributed by atoms with Gasteiger partial charge >= 0.3 is 0 Å². The van der Waals surface area contributed by atoms with Gasteiger partial charge in [0.2, 0.25) is 0 Å². The molecular formula is C28H50ClNO11. The Morgan fingerprint density at radius 3 is 1.05 bits per heavy atom. The van der Waals surface area contributed by atoms with Crippen LogP contribution in [0.1, 0.15) is 25.7 Å². The number of hydrogen-bond acceptors (Lipinski definition) is 11. The highest BCUT2D eigenvalue weighted by Gasteiger charge is 2.22. The van der Waals surface area contributed by atoms with E-state index in [-0.39, 0.29) is 25.0 Å². The number of halogens is 1. The molecule has 0 saturated heterocycles. The highest BCUT2D eigenvalue weighted by molar-refractivity contribution is 6.17. The maximum absolute atomic E-state index is 11.4. The van der Waals surface area contributed by atoms with Crippen LogP contribution in [0.25, 0.3) is 0 Å². The summed E-state index contributed by atoms with van der Waals surface area (Å²) in [6.07, 6.45) is 6.99. The predicted octanol–water partition coefficient (Wildman–Crippen LogP) is 1.86. The van der Waals surface area contributed by atoms with E-state index >= 15 is 0 Å².